The van der Waals surface area contributed by atoms with Gasteiger partial charge in [-0.2, -0.15) is 0 Å². The zero-order chi connectivity index (χ0) is 19.6. The van der Waals surface area contributed by atoms with Crippen molar-refractivity contribution >= 4 is 17.5 Å². The van der Waals surface area contributed by atoms with Gasteiger partial charge in [-0.3, -0.25) is 14.4 Å². The van der Waals surface area contributed by atoms with Crippen molar-refractivity contribution in [1.82, 2.24) is 0 Å². The summed E-state index contributed by atoms with van der Waals surface area (Å²) in [5, 5.41) is 0. The highest BCUT2D eigenvalue weighted by atomic mass is 16.6. The standard InChI is InChI=1S/C23H30O4/c1-13-11-21-20-7-5-16-12-17(26)6-8-18(16)19(20)9-10-22(21,4)23(13,14(2)24)27-15(3)25/h12,18-21H,1,5-11H2,2-4H3/t18-,19+,20+,21-,22-,23+/m0/s1. The van der Waals surface area contributed by atoms with Gasteiger partial charge in [0, 0.05) is 18.8 Å². The van der Waals surface area contributed by atoms with Crippen molar-refractivity contribution in [3.8, 4) is 0 Å². The largest absolute Gasteiger partial charge is 0.446 e. The van der Waals surface area contributed by atoms with Gasteiger partial charge in [0.1, 0.15) is 0 Å². The summed E-state index contributed by atoms with van der Waals surface area (Å²) in [6, 6.07) is 0. The van der Waals surface area contributed by atoms with Gasteiger partial charge in [0.2, 0.25) is 0 Å². The molecule has 0 saturated heterocycles. The van der Waals surface area contributed by atoms with Gasteiger partial charge in [-0.25, -0.2) is 0 Å². The summed E-state index contributed by atoms with van der Waals surface area (Å²) in [4.78, 5) is 36.6. The van der Waals surface area contributed by atoms with Crippen LogP contribution in [0.25, 0.3) is 0 Å². The molecule has 146 valence electrons. The first-order valence-electron chi connectivity index (χ1n) is 10.3. The minimum Gasteiger partial charge on any atom is -0.446 e. The van der Waals surface area contributed by atoms with Crippen LogP contribution < -0.4 is 0 Å². The molecule has 0 radical (unpaired) electrons. The molecule has 4 heteroatoms. The fourth-order valence-corrected chi connectivity index (χ4v) is 7.25. The number of ketones is 2. The van der Waals surface area contributed by atoms with Crippen LogP contribution >= 0.6 is 0 Å². The maximum atomic E-state index is 12.8. The molecule has 4 nitrogen and oxygen atoms in total. The van der Waals surface area contributed by atoms with Crippen molar-refractivity contribution in [3.63, 3.8) is 0 Å². The Morgan fingerprint density at radius 3 is 2.56 bits per heavy atom. The molecule has 3 saturated carbocycles. The van der Waals surface area contributed by atoms with Gasteiger partial charge in [0.05, 0.1) is 0 Å². The second-order valence-electron chi connectivity index (χ2n) is 9.40. The second-order valence-corrected chi connectivity index (χ2v) is 9.40. The van der Waals surface area contributed by atoms with Crippen LogP contribution in [0, 0.1) is 29.1 Å². The predicted octanol–water partition coefficient (Wildman–Crippen LogP) is 4.19. The lowest BCUT2D eigenvalue weighted by Crippen LogP contribution is -2.58. The highest BCUT2D eigenvalue weighted by Crippen LogP contribution is 2.67. The average molecular weight is 370 g/mol. The number of carbonyl (C=O) groups is 3. The second kappa shape index (κ2) is 6.15. The van der Waals surface area contributed by atoms with Gasteiger partial charge < -0.3 is 4.74 Å². The molecular weight excluding hydrogens is 340 g/mol. The number of fused-ring (bicyclic) bond motifs is 5. The van der Waals surface area contributed by atoms with E-state index in [9.17, 15) is 14.4 Å². The Balaban J connectivity index is 1.71. The molecule has 6 atom stereocenters. The number of Topliss-reactive ketones (excluding diaryl/α,β-unsaturated/α-hetero) is 1. The highest BCUT2D eigenvalue weighted by molar-refractivity contribution is 5.93. The number of rotatable bonds is 2. The quantitative estimate of drug-likeness (QED) is 0.540. The van der Waals surface area contributed by atoms with Crippen molar-refractivity contribution in [1.29, 1.82) is 0 Å². The van der Waals surface area contributed by atoms with E-state index in [1.165, 1.54) is 12.5 Å². The molecule has 0 aromatic heterocycles. The lowest BCUT2D eigenvalue weighted by molar-refractivity contribution is -0.180. The van der Waals surface area contributed by atoms with E-state index < -0.39 is 11.6 Å². The van der Waals surface area contributed by atoms with Crippen LogP contribution in [-0.4, -0.2) is 23.1 Å². The van der Waals surface area contributed by atoms with Crippen molar-refractivity contribution in [2.45, 2.75) is 71.3 Å². The van der Waals surface area contributed by atoms with Gasteiger partial charge in [-0.1, -0.05) is 19.1 Å². The van der Waals surface area contributed by atoms with E-state index in [-0.39, 0.29) is 17.0 Å². The van der Waals surface area contributed by atoms with Gasteiger partial charge >= 0.3 is 5.97 Å². The van der Waals surface area contributed by atoms with E-state index in [2.05, 4.69) is 13.5 Å². The molecule has 27 heavy (non-hydrogen) atoms. The monoisotopic (exact) mass is 370 g/mol. The maximum absolute atomic E-state index is 12.8. The van der Waals surface area contributed by atoms with Crippen molar-refractivity contribution in [3.05, 3.63) is 23.8 Å². The van der Waals surface area contributed by atoms with E-state index in [4.69, 9.17) is 4.74 Å². The van der Waals surface area contributed by atoms with Crippen LogP contribution in [0.5, 0.6) is 0 Å². The van der Waals surface area contributed by atoms with Crippen LogP contribution in [0.2, 0.25) is 0 Å². The molecule has 4 rings (SSSR count). The Hall–Kier alpha value is -1.71. The third-order valence-electron chi connectivity index (χ3n) is 8.25. The summed E-state index contributed by atoms with van der Waals surface area (Å²) in [5.74, 6) is 1.68. The first kappa shape index (κ1) is 18.6. The minimum absolute atomic E-state index is 0.0918. The minimum atomic E-state index is -1.17. The number of ether oxygens (including phenoxy) is 1. The van der Waals surface area contributed by atoms with Crippen LogP contribution in [0.4, 0.5) is 0 Å². The normalized spacial score (nSPS) is 43.3. The van der Waals surface area contributed by atoms with E-state index >= 15 is 0 Å². The molecule has 0 bridgehead atoms. The molecule has 0 aliphatic heterocycles. The molecule has 0 spiro atoms. The summed E-state index contributed by atoms with van der Waals surface area (Å²) in [7, 11) is 0. The summed E-state index contributed by atoms with van der Waals surface area (Å²) >= 11 is 0. The lowest BCUT2D eigenvalue weighted by atomic mass is 9.50. The Morgan fingerprint density at radius 2 is 1.89 bits per heavy atom. The first-order valence-corrected chi connectivity index (χ1v) is 10.3. The summed E-state index contributed by atoms with van der Waals surface area (Å²) in [6.45, 7) is 9.30. The topological polar surface area (TPSA) is 60.4 Å². The van der Waals surface area contributed by atoms with Crippen molar-refractivity contribution in [2.75, 3.05) is 0 Å². The number of hydrogen-bond donors (Lipinski definition) is 0. The molecule has 0 amide bonds. The number of esters is 1. The first-order chi connectivity index (χ1) is 12.7. The third-order valence-corrected chi connectivity index (χ3v) is 8.25. The lowest BCUT2D eigenvalue weighted by Gasteiger charge is -2.55. The van der Waals surface area contributed by atoms with Crippen molar-refractivity contribution < 1.29 is 19.1 Å². The van der Waals surface area contributed by atoms with E-state index in [0.29, 0.717) is 30.1 Å². The van der Waals surface area contributed by atoms with Crippen LogP contribution in [0.1, 0.15) is 65.7 Å². The number of allylic oxidation sites excluding steroid dienone is 1. The van der Waals surface area contributed by atoms with E-state index in [1.807, 2.05) is 6.08 Å². The zero-order valence-corrected chi connectivity index (χ0v) is 16.7. The summed E-state index contributed by atoms with van der Waals surface area (Å²) in [6.07, 6.45) is 8.23. The molecule has 0 aromatic rings. The Bertz CT molecular complexity index is 762. The molecule has 3 fully saturated rings. The molecule has 4 aliphatic rings. The van der Waals surface area contributed by atoms with Crippen LogP contribution in [0.15, 0.2) is 23.8 Å². The average Bonchev–Trinajstić information content (AvgIpc) is 2.82. The number of carbonyl (C=O) groups excluding carboxylic acids is 3. The fraction of sp³-hybridized carbons (Fsp3) is 0.696. The number of hydrogen-bond acceptors (Lipinski definition) is 4. The highest BCUT2D eigenvalue weighted by Gasteiger charge is 2.68. The third kappa shape index (κ3) is 2.44. The van der Waals surface area contributed by atoms with Gasteiger partial charge in [0.25, 0.3) is 0 Å². The van der Waals surface area contributed by atoms with Crippen LogP contribution in [-0.2, 0) is 19.1 Å². The molecule has 0 N–H and O–H groups in total. The summed E-state index contributed by atoms with van der Waals surface area (Å²) < 4.78 is 5.80. The Labute approximate surface area is 161 Å². The molecule has 0 aromatic carbocycles. The Morgan fingerprint density at radius 1 is 1.15 bits per heavy atom. The van der Waals surface area contributed by atoms with Gasteiger partial charge in [-0.05, 0) is 80.8 Å². The molecular formula is C23H30O4. The SMILES string of the molecule is C=C1C[C@H]2[C@@H]3CCC4=CC(=O)CC[C@@H]4[C@H]3CC[C@]2(C)[C@]1(OC(C)=O)C(C)=O. The predicted molar refractivity (Wildman–Crippen MR) is 102 cm³/mol. The molecule has 0 heterocycles. The smallest absolute Gasteiger partial charge is 0.303 e. The molecule has 0 unspecified atom stereocenters. The van der Waals surface area contributed by atoms with Crippen LogP contribution in [0.3, 0.4) is 0 Å². The molecule has 4 aliphatic carbocycles. The zero-order valence-electron chi connectivity index (χ0n) is 16.7. The van der Waals surface area contributed by atoms with Gasteiger partial charge in [0.15, 0.2) is 17.2 Å². The van der Waals surface area contributed by atoms with Gasteiger partial charge in [-0.15, -0.1) is 0 Å². The van der Waals surface area contributed by atoms with E-state index in [1.54, 1.807) is 6.92 Å². The van der Waals surface area contributed by atoms with E-state index in [0.717, 1.165) is 44.1 Å². The maximum Gasteiger partial charge on any atom is 0.303 e. The fourth-order valence-electron chi connectivity index (χ4n) is 7.25. The Kier molecular flexibility index (Phi) is 4.25. The van der Waals surface area contributed by atoms with Crippen molar-refractivity contribution in [2.24, 2.45) is 29.1 Å². The summed E-state index contributed by atoms with van der Waals surface area (Å²) in [5.41, 5.74) is 0.575.